The van der Waals surface area contributed by atoms with Crippen LogP contribution in [0.2, 0.25) is 0 Å². The zero-order chi connectivity index (χ0) is 8.97. The highest BCUT2D eigenvalue weighted by molar-refractivity contribution is 5.83. The zero-order valence-corrected chi connectivity index (χ0v) is 6.53. The predicted octanol–water partition coefficient (Wildman–Crippen LogP) is 0.662. The van der Waals surface area contributed by atoms with Crippen molar-refractivity contribution in [3.05, 3.63) is 23.9 Å². The van der Waals surface area contributed by atoms with Crippen LogP contribution in [0.25, 0.3) is 0 Å². The van der Waals surface area contributed by atoms with Crippen molar-refractivity contribution in [2.75, 3.05) is 0 Å². The third-order valence-corrected chi connectivity index (χ3v) is 1.51. The smallest absolute Gasteiger partial charge is 0.328 e. The highest BCUT2D eigenvalue weighted by Crippen LogP contribution is 2.11. The lowest BCUT2D eigenvalue weighted by molar-refractivity contribution is -0.131. The monoisotopic (exact) mass is 166 g/mol. The lowest BCUT2D eigenvalue weighted by Crippen LogP contribution is -2.13. The van der Waals surface area contributed by atoms with Crippen LogP contribution in [0.15, 0.2) is 28.9 Å². The zero-order valence-electron chi connectivity index (χ0n) is 6.53. The molecule has 0 fully saturated rings. The molecule has 0 amide bonds. The van der Waals surface area contributed by atoms with E-state index >= 15 is 0 Å². The molecule has 1 heterocycles. The van der Waals surface area contributed by atoms with Gasteiger partial charge in [-0.25, -0.2) is 9.79 Å². The van der Waals surface area contributed by atoms with E-state index in [1.165, 1.54) is 6.08 Å². The highest BCUT2D eigenvalue weighted by atomic mass is 16.4. The first-order valence-corrected chi connectivity index (χ1v) is 3.60. The summed E-state index contributed by atoms with van der Waals surface area (Å²) in [5.41, 5.74) is 6.31. The standard InChI is InChI=1S/C8H10N2O2/c9-7-3-1-6(5-10-7)2-4-8(11)12/h2,4-5H,1,3H2,(H2,9,10)(H,11,12). The van der Waals surface area contributed by atoms with E-state index in [9.17, 15) is 4.79 Å². The fourth-order valence-corrected chi connectivity index (χ4v) is 0.872. The maximum atomic E-state index is 10.1. The molecule has 0 spiro atoms. The minimum atomic E-state index is -0.946. The fourth-order valence-electron chi connectivity index (χ4n) is 0.872. The van der Waals surface area contributed by atoms with Gasteiger partial charge in [0, 0.05) is 18.7 Å². The van der Waals surface area contributed by atoms with Crippen LogP contribution < -0.4 is 5.73 Å². The third-order valence-electron chi connectivity index (χ3n) is 1.51. The topological polar surface area (TPSA) is 75.7 Å². The summed E-state index contributed by atoms with van der Waals surface area (Å²) < 4.78 is 0. The number of nitrogens with two attached hydrogens (primary N) is 1. The quantitative estimate of drug-likeness (QED) is 0.592. The molecule has 0 radical (unpaired) electrons. The summed E-state index contributed by atoms with van der Waals surface area (Å²) in [5.74, 6) is -0.346. The molecule has 12 heavy (non-hydrogen) atoms. The van der Waals surface area contributed by atoms with Gasteiger partial charge in [0.15, 0.2) is 0 Å². The molecule has 0 bridgehead atoms. The third kappa shape index (κ3) is 2.57. The Hall–Kier alpha value is -1.58. The molecule has 1 aliphatic heterocycles. The van der Waals surface area contributed by atoms with Gasteiger partial charge < -0.3 is 10.8 Å². The van der Waals surface area contributed by atoms with Gasteiger partial charge in [0.1, 0.15) is 0 Å². The average molecular weight is 166 g/mol. The molecule has 0 saturated carbocycles. The van der Waals surface area contributed by atoms with Crippen LogP contribution in [0, 0.1) is 0 Å². The van der Waals surface area contributed by atoms with Gasteiger partial charge in [-0.1, -0.05) is 6.08 Å². The molecule has 0 aromatic heterocycles. The molecule has 3 N–H and O–H groups in total. The maximum Gasteiger partial charge on any atom is 0.328 e. The summed E-state index contributed by atoms with van der Waals surface area (Å²) in [6.45, 7) is 0. The molecule has 64 valence electrons. The number of carboxylic acids is 1. The number of carbonyl (C=O) groups is 1. The number of carboxylic acid groups (broad SMARTS) is 1. The first kappa shape index (κ1) is 8.52. The van der Waals surface area contributed by atoms with Gasteiger partial charge in [0.05, 0.1) is 5.84 Å². The summed E-state index contributed by atoms with van der Waals surface area (Å²) in [7, 11) is 0. The first-order valence-electron chi connectivity index (χ1n) is 3.60. The average Bonchev–Trinajstić information content (AvgIpc) is 2.03. The number of hydrogen-bond acceptors (Lipinski definition) is 3. The van der Waals surface area contributed by atoms with Gasteiger partial charge in [-0.15, -0.1) is 0 Å². The van der Waals surface area contributed by atoms with Crippen molar-refractivity contribution in [3.8, 4) is 0 Å². The Morgan fingerprint density at radius 1 is 1.67 bits per heavy atom. The van der Waals surface area contributed by atoms with Crippen LogP contribution in [-0.4, -0.2) is 16.9 Å². The Morgan fingerprint density at radius 2 is 2.42 bits per heavy atom. The summed E-state index contributed by atoms with van der Waals surface area (Å²) in [6, 6.07) is 0. The van der Waals surface area contributed by atoms with Crippen molar-refractivity contribution in [2.45, 2.75) is 12.8 Å². The van der Waals surface area contributed by atoms with Crippen LogP contribution >= 0.6 is 0 Å². The van der Waals surface area contributed by atoms with E-state index in [4.69, 9.17) is 10.8 Å². The van der Waals surface area contributed by atoms with Crippen molar-refractivity contribution >= 4 is 11.8 Å². The van der Waals surface area contributed by atoms with E-state index in [-0.39, 0.29) is 0 Å². The Morgan fingerprint density at radius 3 is 2.92 bits per heavy atom. The van der Waals surface area contributed by atoms with Gasteiger partial charge in [-0.3, -0.25) is 0 Å². The van der Waals surface area contributed by atoms with Gasteiger partial charge in [-0.2, -0.15) is 0 Å². The Balaban J connectivity index is 2.60. The van der Waals surface area contributed by atoms with Crippen molar-refractivity contribution in [2.24, 2.45) is 10.7 Å². The molecule has 0 aromatic rings. The lowest BCUT2D eigenvalue weighted by atomic mass is 10.1. The number of hydrogen-bond donors (Lipinski definition) is 2. The maximum absolute atomic E-state index is 10.1. The van der Waals surface area contributed by atoms with E-state index in [0.29, 0.717) is 12.3 Å². The van der Waals surface area contributed by atoms with Crippen LogP contribution in [-0.2, 0) is 4.79 Å². The number of aliphatic carboxylic acids is 1. The van der Waals surface area contributed by atoms with Crippen molar-refractivity contribution in [1.82, 2.24) is 0 Å². The Kier molecular flexibility index (Phi) is 2.63. The van der Waals surface area contributed by atoms with Gasteiger partial charge in [0.2, 0.25) is 0 Å². The summed E-state index contributed by atoms with van der Waals surface area (Å²) >= 11 is 0. The van der Waals surface area contributed by atoms with E-state index < -0.39 is 5.97 Å². The van der Waals surface area contributed by atoms with Gasteiger partial charge in [0.25, 0.3) is 0 Å². The fraction of sp³-hybridized carbons (Fsp3) is 0.250. The van der Waals surface area contributed by atoms with Crippen molar-refractivity contribution in [3.63, 3.8) is 0 Å². The molecular formula is C8H10N2O2. The largest absolute Gasteiger partial charge is 0.478 e. The second-order valence-electron chi connectivity index (χ2n) is 2.50. The second kappa shape index (κ2) is 3.71. The molecule has 1 rings (SSSR count). The van der Waals surface area contributed by atoms with Gasteiger partial charge >= 0.3 is 5.97 Å². The summed E-state index contributed by atoms with van der Waals surface area (Å²) in [5, 5.41) is 8.32. The minimum absolute atomic E-state index is 0.600. The Labute approximate surface area is 70.1 Å². The first-order chi connectivity index (χ1) is 5.68. The van der Waals surface area contributed by atoms with Crippen molar-refractivity contribution in [1.29, 1.82) is 0 Å². The number of nitrogens with zero attached hydrogens (tertiary/aromatic N) is 1. The summed E-state index contributed by atoms with van der Waals surface area (Å²) in [6.07, 6.45) is 5.70. The molecule has 1 aliphatic rings. The van der Waals surface area contributed by atoms with E-state index in [2.05, 4.69) is 4.99 Å². The molecule has 4 nitrogen and oxygen atoms in total. The minimum Gasteiger partial charge on any atom is -0.478 e. The number of allylic oxidation sites excluding steroid dienone is 2. The molecular weight excluding hydrogens is 156 g/mol. The number of amidine groups is 1. The van der Waals surface area contributed by atoms with Crippen molar-refractivity contribution < 1.29 is 9.90 Å². The lowest BCUT2D eigenvalue weighted by Gasteiger charge is -2.05. The van der Waals surface area contributed by atoms with E-state index in [1.807, 2.05) is 0 Å². The van der Waals surface area contributed by atoms with E-state index in [0.717, 1.165) is 18.1 Å². The summed E-state index contributed by atoms with van der Waals surface area (Å²) in [4.78, 5) is 14.0. The van der Waals surface area contributed by atoms with Gasteiger partial charge in [-0.05, 0) is 12.0 Å². The molecule has 0 atom stereocenters. The number of aliphatic imine (C=N–C) groups is 1. The van der Waals surface area contributed by atoms with Crippen LogP contribution in [0.1, 0.15) is 12.8 Å². The van der Waals surface area contributed by atoms with Crippen LogP contribution in [0.5, 0.6) is 0 Å². The van der Waals surface area contributed by atoms with Crippen LogP contribution in [0.3, 0.4) is 0 Å². The van der Waals surface area contributed by atoms with E-state index in [1.54, 1.807) is 6.20 Å². The molecule has 0 aliphatic carbocycles. The predicted molar refractivity (Wildman–Crippen MR) is 45.7 cm³/mol. The molecule has 4 heteroatoms. The molecule has 0 unspecified atom stereocenters. The molecule has 0 saturated heterocycles. The number of rotatable bonds is 2. The highest BCUT2D eigenvalue weighted by Gasteiger charge is 2.01. The Bertz CT molecular complexity index is 277. The SMILES string of the molecule is NC1=NC=C(C=CC(=O)O)CC1. The van der Waals surface area contributed by atoms with Crippen LogP contribution in [0.4, 0.5) is 0 Å². The normalized spacial score (nSPS) is 17.3. The molecule has 0 aromatic carbocycles. The second-order valence-corrected chi connectivity index (χ2v) is 2.50.